The third kappa shape index (κ3) is 7.01. The first kappa shape index (κ1) is 25.6. The van der Waals surface area contributed by atoms with E-state index in [0.29, 0.717) is 31.5 Å². The van der Waals surface area contributed by atoms with Crippen LogP contribution in [0.4, 0.5) is 9.18 Å². The molecule has 0 saturated carbocycles. The van der Waals surface area contributed by atoms with Gasteiger partial charge in [0.15, 0.2) is 0 Å². The van der Waals surface area contributed by atoms with Gasteiger partial charge in [-0.2, -0.15) is 4.72 Å². The summed E-state index contributed by atoms with van der Waals surface area (Å²) >= 11 is 0. The Balaban J connectivity index is 1.73. The van der Waals surface area contributed by atoms with E-state index in [-0.39, 0.29) is 35.2 Å². The van der Waals surface area contributed by atoms with Crippen LogP contribution in [0.25, 0.3) is 0 Å². The Hall–Kier alpha value is -2.98. The summed E-state index contributed by atoms with van der Waals surface area (Å²) in [6.45, 7) is 4.73. The summed E-state index contributed by atoms with van der Waals surface area (Å²) in [7, 11) is -3.94. The van der Waals surface area contributed by atoms with E-state index < -0.39 is 22.0 Å². The number of carbonyl (C=O) groups excluding carboxylic acids is 2. The third-order valence-corrected chi connectivity index (χ3v) is 7.17. The Bertz CT molecular complexity index is 1070. The first-order valence-corrected chi connectivity index (χ1v) is 12.8. The zero-order valence-electron chi connectivity index (χ0n) is 19.3. The van der Waals surface area contributed by atoms with E-state index >= 15 is 0 Å². The molecule has 0 aliphatic carbocycles. The highest BCUT2D eigenvalue weighted by Gasteiger charge is 2.35. The van der Waals surface area contributed by atoms with Crippen LogP contribution in [0.2, 0.25) is 0 Å². The van der Waals surface area contributed by atoms with Crippen molar-refractivity contribution in [2.75, 3.05) is 13.1 Å². The van der Waals surface area contributed by atoms with Crippen molar-refractivity contribution >= 4 is 22.0 Å². The molecule has 2 aromatic rings. The second-order valence-electron chi connectivity index (χ2n) is 8.68. The predicted octanol–water partition coefficient (Wildman–Crippen LogP) is 2.62. The van der Waals surface area contributed by atoms with Crippen LogP contribution in [0.3, 0.4) is 0 Å². The van der Waals surface area contributed by atoms with Gasteiger partial charge in [0.1, 0.15) is 11.9 Å². The Morgan fingerprint density at radius 1 is 1.03 bits per heavy atom. The lowest BCUT2D eigenvalue weighted by Crippen LogP contribution is -2.54. The molecule has 3 rings (SSSR count). The number of benzene rings is 2. The molecule has 8 nitrogen and oxygen atoms in total. The Labute approximate surface area is 200 Å². The van der Waals surface area contributed by atoms with Gasteiger partial charge in [0.05, 0.1) is 4.90 Å². The molecule has 1 fully saturated rings. The van der Waals surface area contributed by atoms with Gasteiger partial charge < -0.3 is 15.5 Å². The minimum Gasteiger partial charge on any atom is -0.351 e. The first-order valence-electron chi connectivity index (χ1n) is 11.3. The fourth-order valence-electron chi connectivity index (χ4n) is 3.87. The van der Waals surface area contributed by atoms with Crippen molar-refractivity contribution in [3.8, 4) is 0 Å². The van der Waals surface area contributed by atoms with E-state index in [9.17, 15) is 22.4 Å². The number of hydrogen-bond acceptors (Lipinski definition) is 4. The Morgan fingerprint density at radius 2 is 1.65 bits per heavy atom. The van der Waals surface area contributed by atoms with E-state index in [2.05, 4.69) is 15.4 Å². The molecule has 0 aromatic heterocycles. The normalized spacial score (nSPS) is 15.7. The van der Waals surface area contributed by atoms with Crippen LogP contribution in [-0.4, -0.2) is 50.4 Å². The van der Waals surface area contributed by atoms with Gasteiger partial charge in [-0.05, 0) is 62.4 Å². The molecule has 1 saturated heterocycles. The fourth-order valence-corrected chi connectivity index (χ4v) is 5.16. The molecule has 0 unspecified atom stereocenters. The second kappa shape index (κ2) is 11.4. The van der Waals surface area contributed by atoms with Crippen LogP contribution in [0.5, 0.6) is 0 Å². The second-order valence-corrected chi connectivity index (χ2v) is 10.4. The first-order chi connectivity index (χ1) is 16.2. The van der Waals surface area contributed by atoms with E-state index in [1.807, 2.05) is 13.8 Å². The SMILES string of the molecule is CC(C)NC(=O)N1CCC([C@@H](NS(=O)(=O)c2ccccc2)C(=O)NCc2ccc(F)cc2)CC1. The standard InChI is InChI=1S/C24H31FN4O4S/c1-17(2)27-24(31)29-14-12-19(13-15-29)22(28-34(32,33)21-6-4-3-5-7-21)23(30)26-16-18-8-10-20(25)11-9-18/h3-11,17,19,22,28H,12-16H2,1-2H3,(H,26,30)(H,27,31)/t22-/m1/s1. The van der Waals surface area contributed by atoms with Gasteiger partial charge in [-0.15, -0.1) is 0 Å². The summed E-state index contributed by atoms with van der Waals surface area (Å²) in [6.07, 6.45) is 0.939. The van der Waals surface area contributed by atoms with Crippen molar-refractivity contribution in [1.82, 2.24) is 20.3 Å². The van der Waals surface area contributed by atoms with E-state index in [0.717, 1.165) is 0 Å². The lowest BCUT2D eigenvalue weighted by molar-refractivity contribution is -0.124. The summed E-state index contributed by atoms with van der Waals surface area (Å²) in [5.41, 5.74) is 0.694. The number of nitrogens with zero attached hydrogens (tertiary/aromatic N) is 1. The molecule has 1 aliphatic rings. The molecule has 1 atom stereocenters. The highest BCUT2D eigenvalue weighted by atomic mass is 32.2. The largest absolute Gasteiger partial charge is 0.351 e. The lowest BCUT2D eigenvalue weighted by Gasteiger charge is -2.36. The van der Waals surface area contributed by atoms with E-state index in [4.69, 9.17) is 0 Å². The average molecular weight is 491 g/mol. The smallest absolute Gasteiger partial charge is 0.317 e. The average Bonchev–Trinajstić information content (AvgIpc) is 2.82. The van der Waals surface area contributed by atoms with Crippen LogP contribution < -0.4 is 15.4 Å². The van der Waals surface area contributed by atoms with Gasteiger partial charge >= 0.3 is 6.03 Å². The van der Waals surface area contributed by atoms with Gasteiger partial charge in [0.25, 0.3) is 0 Å². The van der Waals surface area contributed by atoms with Crippen molar-refractivity contribution < 1.29 is 22.4 Å². The van der Waals surface area contributed by atoms with Gasteiger partial charge in [-0.1, -0.05) is 30.3 Å². The number of likely N-dealkylation sites (tertiary alicyclic amines) is 1. The molecule has 0 radical (unpaired) electrons. The summed E-state index contributed by atoms with van der Waals surface area (Å²) in [5.74, 6) is -1.14. The molecule has 3 amide bonds. The van der Waals surface area contributed by atoms with Crippen molar-refractivity contribution in [1.29, 1.82) is 0 Å². The molecule has 1 heterocycles. The van der Waals surface area contributed by atoms with Crippen LogP contribution in [0, 0.1) is 11.7 Å². The topological polar surface area (TPSA) is 108 Å². The van der Waals surface area contributed by atoms with E-state index in [1.54, 1.807) is 35.2 Å². The zero-order chi connectivity index (χ0) is 24.7. The van der Waals surface area contributed by atoms with Crippen LogP contribution in [-0.2, 0) is 21.4 Å². The lowest BCUT2D eigenvalue weighted by atomic mass is 9.89. The minimum atomic E-state index is -3.94. The molecule has 10 heteroatoms. The van der Waals surface area contributed by atoms with Gasteiger partial charge in [0, 0.05) is 25.7 Å². The minimum absolute atomic E-state index is 0.00731. The molecular weight excluding hydrogens is 459 g/mol. The van der Waals surface area contributed by atoms with Crippen LogP contribution in [0.1, 0.15) is 32.3 Å². The number of carbonyl (C=O) groups is 2. The van der Waals surface area contributed by atoms with Gasteiger partial charge in [-0.25, -0.2) is 17.6 Å². The number of sulfonamides is 1. The maximum absolute atomic E-state index is 13.2. The summed E-state index contributed by atoms with van der Waals surface area (Å²) in [5, 5.41) is 5.62. The number of nitrogens with one attached hydrogen (secondary N) is 3. The molecule has 184 valence electrons. The number of piperidine rings is 1. The highest BCUT2D eigenvalue weighted by molar-refractivity contribution is 7.89. The van der Waals surface area contributed by atoms with Gasteiger partial charge in [-0.3, -0.25) is 4.79 Å². The molecule has 3 N–H and O–H groups in total. The van der Waals surface area contributed by atoms with Crippen LogP contribution >= 0.6 is 0 Å². The summed E-state index contributed by atoms with van der Waals surface area (Å²) < 4.78 is 41.7. The zero-order valence-corrected chi connectivity index (χ0v) is 20.1. The van der Waals surface area contributed by atoms with E-state index in [1.165, 1.54) is 24.3 Å². The molecular formula is C24H31FN4O4S. The molecule has 1 aliphatic heterocycles. The number of urea groups is 1. The monoisotopic (exact) mass is 490 g/mol. The number of rotatable bonds is 8. The molecule has 0 bridgehead atoms. The van der Waals surface area contributed by atoms with Crippen molar-refractivity contribution in [2.45, 2.75) is 50.2 Å². The quantitative estimate of drug-likeness (QED) is 0.529. The van der Waals surface area contributed by atoms with Crippen molar-refractivity contribution in [3.63, 3.8) is 0 Å². The highest BCUT2D eigenvalue weighted by Crippen LogP contribution is 2.23. The maximum Gasteiger partial charge on any atom is 0.317 e. The molecule has 34 heavy (non-hydrogen) atoms. The molecule has 2 aromatic carbocycles. The Morgan fingerprint density at radius 3 is 2.24 bits per heavy atom. The predicted molar refractivity (Wildman–Crippen MR) is 127 cm³/mol. The van der Waals surface area contributed by atoms with Crippen LogP contribution in [0.15, 0.2) is 59.5 Å². The number of amides is 3. The fraction of sp³-hybridized carbons (Fsp3) is 0.417. The maximum atomic E-state index is 13.2. The summed E-state index contributed by atoms with van der Waals surface area (Å²) in [4.78, 5) is 27.2. The molecule has 0 spiro atoms. The van der Waals surface area contributed by atoms with Crippen molar-refractivity contribution in [2.24, 2.45) is 5.92 Å². The number of hydrogen-bond donors (Lipinski definition) is 3. The Kier molecular flexibility index (Phi) is 8.62. The number of halogens is 1. The third-order valence-electron chi connectivity index (χ3n) is 5.71. The van der Waals surface area contributed by atoms with Gasteiger partial charge in [0.2, 0.25) is 15.9 Å². The summed E-state index contributed by atoms with van der Waals surface area (Å²) in [6, 6.07) is 12.4. The van der Waals surface area contributed by atoms with Crippen molar-refractivity contribution in [3.05, 3.63) is 66.0 Å².